The molecule has 1 aromatic heterocycles. The molecule has 0 N–H and O–H groups in total. The van der Waals surface area contributed by atoms with Gasteiger partial charge in [0, 0.05) is 27.2 Å². The van der Waals surface area contributed by atoms with Crippen LogP contribution in [0.5, 0.6) is 0 Å². The first-order valence-corrected chi connectivity index (χ1v) is 11.0. The number of rotatable bonds is 2. The predicted octanol–water partition coefficient (Wildman–Crippen LogP) is 5.26. The number of likely N-dealkylation sites (tertiary alicyclic amines) is 1. The lowest BCUT2D eigenvalue weighted by Gasteiger charge is -2.40. The van der Waals surface area contributed by atoms with Crippen LogP contribution in [0.15, 0.2) is 48.5 Å². The van der Waals surface area contributed by atoms with Gasteiger partial charge in [-0.25, -0.2) is 9.07 Å². The van der Waals surface area contributed by atoms with Crippen molar-refractivity contribution in [2.75, 3.05) is 20.1 Å². The summed E-state index contributed by atoms with van der Waals surface area (Å²) in [6.45, 7) is 2.21. The average Bonchev–Trinajstić information content (AvgIpc) is 3.09. The van der Waals surface area contributed by atoms with E-state index in [4.69, 9.17) is 5.10 Å². The monoisotopic (exact) mass is 487 g/mol. The van der Waals surface area contributed by atoms with Gasteiger partial charge < -0.3 is 4.90 Å². The Hall–Kier alpha value is -1.73. The maximum absolute atomic E-state index is 14.6. The molecule has 1 saturated heterocycles. The minimum Gasteiger partial charge on any atom is -0.306 e. The zero-order valence-corrected chi connectivity index (χ0v) is 18.1. The van der Waals surface area contributed by atoms with Crippen LogP contribution in [0.25, 0.3) is 16.9 Å². The highest BCUT2D eigenvalue weighted by Gasteiger charge is 2.38. The van der Waals surface area contributed by atoms with E-state index in [1.165, 1.54) is 33.7 Å². The van der Waals surface area contributed by atoms with Crippen LogP contribution in [0.2, 0.25) is 0 Å². The smallest absolute Gasteiger partial charge is 0.132 e. The Kier molecular flexibility index (Phi) is 4.75. The molecule has 1 aliphatic carbocycles. The Labute approximate surface area is 178 Å². The van der Waals surface area contributed by atoms with Crippen LogP contribution in [0, 0.1) is 15.3 Å². The van der Waals surface area contributed by atoms with Gasteiger partial charge >= 0.3 is 0 Å². The van der Waals surface area contributed by atoms with Gasteiger partial charge in [0.05, 0.1) is 17.1 Å². The molecular weight excluding hydrogens is 464 g/mol. The number of hydrogen-bond acceptors (Lipinski definition) is 2. The van der Waals surface area contributed by atoms with E-state index in [1.54, 1.807) is 6.07 Å². The second-order valence-electron chi connectivity index (χ2n) is 8.04. The van der Waals surface area contributed by atoms with Crippen LogP contribution < -0.4 is 0 Å². The van der Waals surface area contributed by atoms with Crippen LogP contribution in [0.3, 0.4) is 0 Å². The van der Waals surface area contributed by atoms with Crippen molar-refractivity contribution in [1.82, 2.24) is 14.7 Å². The summed E-state index contributed by atoms with van der Waals surface area (Å²) in [5.41, 5.74) is 5.03. The highest BCUT2D eigenvalue weighted by Crippen LogP contribution is 2.45. The number of aromatic nitrogens is 2. The van der Waals surface area contributed by atoms with E-state index >= 15 is 0 Å². The molecule has 5 heteroatoms. The molecule has 1 aliphatic heterocycles. The Balaban J connectivity index is 1.72. The van der Waals surface area contributed by atoms with Crippen LogP contribution in [-0.2, 0) is 6.42 Å². The third kappa shape index (κ3) is 3.08. The van der Waals surface area contributed by atoms with Crippen molar-refractivity contribution < 1.29 is 4.39 Å². The SMILES string of the molecule is CN1CCC2CCc3c(-c4ccccc4F)nn(-c4ccc(I)cc4)c3C2C1. The maximum atomic E-state index is 14.6. The van der Waals surface area contributed by atoms with E-state index in [2.05, 4.69) is 63.5 Å². The molecule has 0 bridgehead atoms. The predicted molar refractivity (Wildman–Crippen MR) is 118 cm³/mol. The highest BCUT2D eigenvalue weighted by atomic mass is 127. The van der Waals surface area contributed by atoms with Crippen molar-refractivity contribution in [3.63, 3.8) is 0 Å². The van der Waals surface area contributed by atoms with Gasteiger partial charge in [0.15, 0.2) is 0 Å². The Morgan fingerprint density at radius 1 is 1.07 bits per heavy atom. The number of benzene rings is 2. The number of nitrogens with zero attached hydrogens (tertiary/aromatic N) is 3. The summed E-state index contributed by atoms with van der Waals surface area (Å²) in [6, 6.07) is 15.5. The highest BCUT2D eigenvalue weighted by molar-refractivity contribution is 14.1. The number of fused-ring (bicyclic) bond motifs is 3. The lowest BCUT2D eigenvalue weighted by molar-refractivity contribution is 0.170. The molecule has 2 atom stereocenters. The fourth-order valence-corrected chi connectivity index (χ4v) is 5.25. The van der Waals surface area contributed by atoms with Gasteiger partial charge in [-0.1, -0.05) is 12.1 Å². The summed E-state index contributed by atoms with van der Waals surface area (Å²) in [4.78, 5) is 2.42. The third-order valence-electron chi connectivity index (χ3n) is 6.30. The summed E-state index contributed by atoms with van der Waals surface area (Å²) >= 11 is 2.32. The molecular formula is C23H23FIN3. The number of likely N-dealkylation sites (N-methyl/N-ethyl adjacent to an activating group) is 1. The zero-order valence-electron chi connectivity index (χ0n) is 15.9. The standard InChI is InChI=1S/C23H23FIN3/c1-27-13-12-15-6-11-19-22(18-4-2-3-5-21(18)24)26-28(23(19)20(15)14-27)17-9-7-16(25)8-10-17/h2-5,7-10,15,20H,6,11-14H2,1H3. The van der Waals surface area contributed by atoms with Gasteiger partial charge in [0.25, 0.3) is 0 Å². The van der Waals surface area contributed by atoms with Crippen LogP contribution in [0.1, 0.15) is 30.0 Å². The first-order chi connectivity index (χ1) is 13.6. The van der Waals surface area contributed by atoms with Crippen molar-refractivity contribution in [1.29, 1.82) is 0 Å². The van der Waals surface area contributed by atoms with Gasteiger partial charge in [-0.05, 0) is 97.8 Å². The lowest BCUT2D eigenvalue weighted by atomic mass is 9.73. The molecule has 144 valence electrons. The molecule has 0 saturated carbocycles. The summed E-state index contributed by atoms with van der Waals surface area (Å²) in [5, 5.41) is 4.99. The lowest BCUT2D eigenvalue weighted by Crippen LogP contribution is -2.39. The zero-order chi connectivity index (χ0) is 19.3. The van der Waals surface area contributed by atoms with Gasteiger partial charge in [-0.3, -0.25) is 0 Å². The minimum absolute atomic E-state index is 0.194. The van der Waals surface area contributed by atoms with E-state index in [9.17, 15) is 4.39 Å². The molecule has 2 aliphatic rings. The summed E-state index contributed by atoms with van der Waals surface area (Å²) < 4.78 is 17.9. The van der Waals surface area contributed by atoms with Crippen LogP contribution >= 0.6 is 22.6 Å². The van der Waals surface area contributed by atoms with E-state index in [1.807, 2.05) is 12.1 Å². The van der Waals surface area contributed by atoms with Gasteiger partial charge in [-0.2, -0.15) is 5.10 Å². The van der Waals surface area contributed by atoms with Crippen molar-refractivity contribution in [2.45, 2.75) is 25.2 Å². The largest absolute Gasteiger partial charge is 0.306 e. The molecule has 28 heavy (non-hydrogen) atoms. The van der Waals surface area contributed by atoms with Gasteiger partial charge in [0.1, 0.15) is 5.82 Å². The minimum atomic E-state index is -0.194. The van der Waals surface area contributed by atoms with Gasteiger partial charge in [0.2, 0.25) is 0 Å². The normalized spacial score (nSPS) is 22.0. The summed E-state index contributed by atoms with van der Waals surface area (Å²) in [6.07, 6.45) is 3.38. The third-order valence-corrected chi connectivity index (χ3v) is 7.02. The molecule has 3 nitrogen and oxygen atoms in total. The molecule has 2 unspecified atom stereocenters. The molecule has 1 fully saturated rings. The maximum Gasteiger partial charge on any atom is 0.132 e. The van der Waals surface area contributed by atoms with Crippen molar-refractivity contribution in [3.05, 3.63) is 69.2 Å². The quantitative estimate of drug-likeness (QED) is 0.460. The second kappa shape index (κ2) is 7.26. The Morgan fingerprint density at radius 3 is 2.64 bits per heavy atom. The Morgan fingerprint density at radius 2 is 1.86 bits per heavy atom. The van der Waals surface area contributed by atoms with E-state index in [0.717, 1.165) is 30.9 Å². The van der Waals surface area contributed by atoms with Crippen LogP contribution in [-0.4, -0.2) is 34.8 Å². The van der Waals surface area contributed by atoms with Crippen molar-refractivity contribution in [2.24, 2.45) is 5.92 Å². The van der Waals surface area contributed by atoms with Crippen molar-refractivity contribution in [3.8, 4) is 16.9 Å². The molecule has 3 aromatic rings. The number of halogens is 2. The average molecular weight is 487 g/mol. The molecule has 2 heterocycles. The van der Waals surface area contributed by atoms with E-state index in [-0.39, 0.29) is 5.82 Å². The first kappa shape index (κ1) is 18.3. The molecule has 2 aromatic carbocycles. The molecule has 0 amide bonds. The molecule has 0 spiro atoms. The van der Waals surface area contributed by atoms with Crippen LogP contribution in [0.4, 0.5) is 4.39 Å². The van der Waals surface area contributed by atoms with E-state index < -0.39 is 0 Å². The fraction of sp³-hybridized carbons (Fsp3) is 0.348. The molecule has 0 radical (unpaired) electrons. The summed E-state index contributed by atoms with van der Waals surface area (Å²) in [7, 11) is 2.20. The summed E-state index contributed by atoms with van der Waals surface area (Å²) in [5.74, 6) is 0.951. The topological polar surface area (TPSA) is 21.1 Å². The number of hydrogen-bond donors (Lipinski definition) is 0. The second-order valence-corrected chi connectivity index (χ2v) is 9.28. The number of piperidine rings is 1. The van der Waals surface area contributed by atoms with Crippen molar-refractivity contribution >= 4 is 22.6 Å². The fourth-order valence-electron chi connectivity index (χ4n) is 4.89. The Bertz CT molecular complexity index is 1010. The molecule has 5 rings (SSSR count). The van der Waals surface area contributed by atoms with E-state index in [0.29, 0.717) is 17.4 Å². The first-order valence-electron chi connectivity index (χ1n) is 9.93. The van der Waals surface area contributed by atoms with Gasteiger partial charge in [-0.15, -0.1) is 0 Å².